The normalized spacial score (nSPS) is 18.4. The Morgan fingerprint density at radius 3 is 2.71 bits per heavy atom. The van der Waals surface area contributed by atoms with Gasteiger partial charge in [-0.05, 0) is 40.7 Å². The average molecular weight is 331 g/mol. The molecular weight excluding hydrogens is 306 g/mol. The van der Waals surface area contributed by atoms with Gasteiger partial charge in [0.25, 0.3) is 5.91 Å². The maximum absolute atomic E-state index is 13.0. The molecule has 2 aromatic heterocycles. The summed E-state index contributed by atoms with van der Waals surface area (Å²) in [5, 5.41) is 6.99. The summed E-state index contributed by atoms with van der Waals surface area (Å²) < 4.78 is 7.95. The van der Waals surface area contributed by atoms with Gasteiger partial charge in [-0.1, -0.05) is 0 Å². The standard InChI is InChI=1S/C17H25N5O2/c1-10(2)22-11(3)8-14(12(22)4)17(23)21-6-7-24-15(9-21)16-18-13(5)19-20-16/h8,10,15H,6-7,9H2,1-5H3,(H,18,19,20)/t15-/m1/s1. The molecule has 1 saturated heterocycles. The van der Waals surface area contributed by atoms with E-state index in [1.165, 1.54) is 0 Å². The number of hydrogen-bond acceptors (Lipinski definition) is 4. The lowest BCUT2D eigenvalue weighted by molar-refractivity contribution is -0.0267. The first kappa shape index (κ1) is 16.7. The van der Waals surface area contributed by atoms with Crippen molar-refractivity contribution in [1.82, 2.24) is 24.6 Å². The molecule has 0 radical (unpaired) electrons. The Labute approximate surface area is 142 Å². The number of carbonyl (C=O) groups is 1. The molecule has 130 valence electrons. The number of carbonyl (C=O) groups excluding carboxylic acids is 1. The lowest BCUT2D eigenvalue weighted by atomic mass is 10.1. The van der Waals surface area contributed by atoms with Crippen molar-refractivity contribution < 1.29 is 9.53 Å². The van der Waals surface area contributed by atoms with Crippen LogP contribution in [0.5, 0.6) is 0 Å². The summed E-state index contributed by atoms with van der Waals surface area (Å²) in [6, 6.07) is 2.32. The summed E-state index contributed by atoms with van der Waals surface area (Å²) in [6.45, 7) is 11.7. The zero-order valence-electron chi connectivity index (χ0n) is 15.0. The molecule has 1 amide bonds. The smallest absolute Gasteiger partial charge is 0.255 e. The summed E-state index contributed by atoms with van der Waals surface area (Å²) in [4.78, 5) is 19.2. The highest BCUT2D eigenvalue weighted by Crippen LogP contribution is 2.24. The van der Waals surface area contributed by atoms with Crippen molar-refractivity contribution in [2.24, 2.45) is 0 Å². The molecule has 0 unspecified atom stereocenters. The van der Waals surface area contributed by atoms with E-state index in [9.17, 15) is 4.79 Å². The van der Waals surface area contributed by atoms with Crippen LogP contribution in [0.4, 0.5) is 0 Å². The van der Waals surface area contributed by atoms with Gasteiger partial charge in [0.1, 0.15) is 11.9 Å². The second-order valence-electron chi connectivity index (χ2n) is 6.64. The van der Waals surface area contributed by atoms with Gasteiger partial charge >= 0.3 is 0 Å². The second-order valence-corrected chi connectivity index (χ2v) is 6.64. The lowest BCUT2D eigenvalue weighted by Crippen LogP contribution is -2.42. The molecular formula is C17H25N5O2. The molecule has 0 bridgehead atoms. The van der Waals surface area contributed by atoms with Crippen LogP contribution >= 0.6 is 0 Å². The maximum atomic E-state index is 13.0. The Morgan fingerprint density at radius 2 is 2.12 bits per heavy atom. The molecule has 0 saturated carbocycles. The zero-order valence-corrected chi connectivity index (χ0v) is 15.0. The number of rotatable bonds is 3. The van der Waals surface area contributed by atoms with Crippen LogP contribution in [0, 0.1) is 20.8 Å². The highest BCUT2D eigenvalue weighted by Gasteiger charge is 2.30. The third-order valence-electron chi connectivity index (χ3n) is 4.49. The Kier molecular flexibility index (Phi) is 4.45. The number of nitrogens with one attached hydrogen (secondary N) is 1. The van der Waals surface area contributed by atoms with Crippen LogP contribution in [-0.2, 0) is 4.74 Å². The molecule has 24 heavy (non-hydrogen) atoms. The van der Waals surface area contributed by atoms with Gasteiger partial charge in [-0.2, -0.15) is 5.10 Å². The lowest BCUT2D eigenvalue weighted by Gasteiger charge is -2.31. The van der Waals surface area contributed by atoms with Crippen molar-refractivity contribution >= 4 is 5.91 Å². The van der Waals surface area contributed by atoms with Gasteiger partial charge in [0.05, 0.1) is 18.7 Å². The fourth-order valence-electron chi connectivity index (χ4n) is 3.45. The Balaban J connectivity index is 1.81. The number of ether oxygens (including phenoxy) is 1. The fourth-order valence-corrected chi connectivity index (χ4v) is 3.45. The molecule has 1 fully saturated rings. The minimum absolute atomic E-state index is 0.0514. The molecule has 1 aliphatic heterocycles. The van der Waals surface area contributed by atoms with E-state index in [1.807, 2.05) is 31.7 Å². The fraction of sp³-hybridized carbons (Fsp3) is 0.588. The molecule has 3 rings (SSSR count). The summed E-state index contributed by atoms with van der Waals surface area (Å²) in [6.07, 6.45) is -0.277. The molecule has 7 heteroatoms. The molecule has 3 heterocycles. The first-order valence-electron chi connectivity index (χ1n) is 8.36. The van der Waals surface area contributed by atoms with E-state index in [2.05, 4.69) is 33.6 Å². The van der Waals surface area contributed by atoms with E-state index in [1.54, 1.807) is 0 Å². The minimum Gasteiger partial charge on any atom is -0.366 e. The van der Waals surface area contributed by atoms with Crippen molar-refractivity contribution in [3.05, 3.63) is 34.7 Å². The van der Waals surface area contributed by atoms with Gasteiger partial charge in [-0.25, -0.2) is 4.98 Å². The minimum atomic E-state index is -0.277. The van der Waals surface area contributed by atoms with Crippen LogP contribution in [0.2, 0.25) is 0 Å². The van der Waals surface area contributed by atoms with E-state index in [0.29, 0.717) is 31.6 Å². The van der Waals surface area contributed by atoms with Gasteiger partial charge in [0.2, 0.25) is 0 Å². The number of aromatic amines is 1. The van der Waals surface area contributed by atoms with Crippen LogP contribution in [0.1, 0.15) is 59.4 Å². The van der Waals surface area contributed by atoms with E-state index in [0.717, 1.165) is 22.8 Å². The first-order chi connectivity index (χ1) is 11.4. The second kappa shape index (κ2) is 6.39. The highest BCUT2D eigenvalue weighted by molar-refractivity contribution is 5.95. The van der Waals surface area contributed by atoms with Gasteiger partial charge in [-0.3, -0.25) is 9.89 Å². The quantitative estimate of drug-likeness (QED) is 0.936. The van der Waals surface area contributed by atoms with E-state index in [-0.39, 0.29) is 12.0 Å². The summed E-state index contributed by atoms with van der Waals surface area (Å²) in [7, 11) is 0. The zero-order chi connectivity index (χ0) is 17.4. The Bertz CT molecular complexity index is 746. The predicted molar refractivity (Wildman–Crippen MR) is 90.0 cm³/mol. The molecule has 2 aromatic rings. The molecule has 1 N–H and O–H groups in total. The van der Waals surface area contributed by atoms with Crippen molar-refractivity contribution in [2.75, 3.05) is 19.7 Å². The monoisotopic (exact) mass is 331 g/mol. The number of morpholine rings is 1. The van der Waals surface area contributed by atoms with E-state index >= 15 is 0 Å². The number of nitrogens with zero attached hydrogens (tertiary/aromatic N) is 4. The number of amides is 1. The molecule has 0 spiro atoms. The summed E-state index contributed by atoms with van der Waals surface area (Å²) >= 11 is 0. The molecule has 0 aliphatic carbocycles. The Hall–Kier alpha value is -2.15. The van der Waals surface area contributed by atoms with Gasteiger partial charge in [0, 0.05) is 24.0 Å². The van der Waals surface area contributed by atoms with Crippen molar-refractivity contribution in [1.29, 1.82) is 0 Å². The van der Waals surface area contributed by atoms with Crippen molar-refractivity contribution in [3.8, 4) is 0 Å². The summed E-state index contributed by atoms with van der Waals surface area (Å²) in [5.74, 6) is 1.41. The molecule has 0 aromatic carbocycles. The summed E-state index contributed by atoms with van der Waals surface area (Å²) in [5.41, 5.74) is 2.90. The number of aromatic nitrogens is 4. The topological polar surface area (TPSA) is 76.0 Å². The number of aryl methyl sites for hydroxylation is 2. The first-order valence-corrected chi connectivity index (χ1v) is 8.36. The predicted octanol–water partition coefficient (Wildman–Crippen LogP) is 2.33. The molecule has 1 atom stereocenters. The van der Waals surface area contributed by atoms with Crippen LogP contribution in [0.3, 0.4) is 0 Å². The van der Waals surface area contributed by atoms with E-state index < -0.39 is 0 Å². The maximum Gasteiger partial charge on any atom is 0.255 e. The third-order valence-corrected chi connectivity index (χ3v) is 4.49. The van der Waals surface area contributed by atoms with E-state index in [4.69, 9.17) is 4.74 Å². The van der Waals surface area contributed by atoms with Crippen LogP contribution in [0.25, 0.3) is 0 Å². The SMILES string of the molecule is Cc1nc([C@H]2CN(C(=O)c3cc(C)n(C(C)C)c3C)CCO2)n[nH]1. The molecule has 7 nitrogen and oxygen atoms in total. The highest BCUT2D eigenvalue weighted by atomic mass is 16.5. The van der Waals surface area contributed by atoms with Gasteiger partial charge in [0.15, 0.2) is 5.82 Å². The van der Waals surface area contributed by atoms with Crippen molar-refractivity contribution in [3.63, 3.8) is 0 Å². The van der Waals surface area contributed by atoms with Gasteiger partial charge in [-0.15, -0.1) is 0 Å². The largest absolute Gasteiger partial charge is 0.366 e. The third kappa shape index (κ3) is 2.96. The Morgan fingerprint density at radius 1 is 1.38 bits per heavy atom. The number of H-pyrrole nitrogens is 1. The van der Waals surface area contributed by atoms with Crippen LogP contribution in [-0.4, -0.2) is 50.3 Å². The van der Waals surface area contributed by atoms with Crippen LogP contribution < -0.4 is 0 Å². The number of hydrogen-bond donors (Lipinski definition) is 1. The van der Waals surface area contributed by atoms with Gasteiger partial charge < -0.3 is 14.2 Å². The van der Waals surface area contributed by atoms with Crippen molar-refractivity contribution in [2.45, 2.75) is 46.8 Å². The molecule has 1 aliphatic rings. The van der Waals surface area contributed by atoms with Crippen LogP contribution in [0.15, 0.2) is 6.07 Å². The average Bonchev–Trinajstić information content (AvgIpc) is 3.10.